The van der Waals surface area contributed by atoms with Crippen LogP contribution in [0.3, 0.4) is 0 Å². The van der Waals surface area contributed by atoms with Gasteiger partial charge in [-0.2, -0.15) is 0 Å². The number of piperidine rings is 1. The minimum Gasteiger partial charge on any atom is -0.383 e. The van der Waals surface area contributed by atoms with Crippen molar-refractivity contribution in [2.24, 2.45) is 11.8 Å². The first-order valence-electron chi connectivity index (χ1n) is 7.39. The molecule has 0 radical (unpaired) electrons. The fraction of sp³-hybridized carbons (Fsp3) is 0.857. The maximum Gasteiger partial charge on any atom is 0.225 e. The Balaban J connectivity index is 1.82. The minimum atomic E-state index is -0.207. The van der Waals surface area contributed by atoms with Gasteiger partial charge in [0.25, 0.3) is 0 Å². The van der Waals surface area contributed by atoms with E-state index in [9.17, 15) is 9.59 Å². The van der Waals surface area contributed by atoms with E-state index in [0.29, 0.717) is 32.0 Å². The summed E-state index contributed by atoms with van der Waals surface area (Å²) in [5, 5.41) is 6.44. The van der Waals surface area contributed by atoms with E-state index in [2.05, 4.69) is 17.6 Å². The van der Waals surface area contributed by atoms with Crippen LogP contribution in [-0.2, 0) is 14.3 Å². The summed E-state index contributed by atoms with van der Waals surface area (Å²) in [4.78, 5) is 25.8. The molecule has 0 aliphatic carbocycles. The Kier molecular flexibility index (Phi) is 5.37. The maximum absolute atomic E-state index is 12.3. The fourth-order valence-corrected chi connectivity index (χ4v) is 2.89. The van der Waals surface area contributed by atoms with E-state index in [0.717, 1.165) is 19.5 Å². The molecule has 0 bridgehead atoms. The topological polar surface area (TPSA) is 70.7 Å². The van der Waals surface area contributed by atoms with Crippen molar-refractivity contribution in [2.45, 2.75) is 25.8 Å². The summed E-state index contributed by atoms with van der Waals surface area (Å²) in [5.41, 5.74) is 0. The summed E-state index contributed by atoms with van der Waals surface area (Å²) in [6, 6.07) is 0.229. The zero-order valence-electron chi connectivity index (χ0n) is 12.4. The highest BCUT2D eigenvalue weighted by molar-refractivity contribution is 5.89. The third-order valence-electron chi connectivity index (χ3n) is 4.26. The molecule has 2 amide bonds. The van der Waals surface area contributed by atoms with E-state index in [1.165, 1.54) is 0 Å². The van der Waals surface area contributed by atoms with Crippen LogP contribution in [0.25, 0.3) is 0 Å². The zero-order valence-corrected chi connectivity index (χ0v) is 12.4. The van der Waals surface area contributed by atoms with Crippen molar-refractivity contribution in [1.29, 1.82) is 0 Å². The highest BCUT2D eigenvalue weighted by Crippen LogP contribution is 2.19. The smallest absolute Gasteiger partial charge is 0.225 e. The second-order valence-corrected chi connectivity index (χ2v) is 5.82. The van der Waals surface area contributed by atoms with Crippen molar-refractivity contribution >= 4 is 11.8 Å². The normalized spacial score (nSPS) is 30.6. The van der Waals surface area contributed by atoms with Crippen LogP contribution in [0.5, 0.6) is 0 Å². The van der Waals surface area contributed by atoms with Gasteiger partial charge in [-0.05, 0) is 25.4 Å². The third-order valence-corrected chi connectivity index (χ3v) is 4.26. The molecule has 0 aromatic rings. The van der Waals surface area contributed by atoms with Crippen molar-refractivity contribution in [1.82, 2.24) is 15.5 Å². The van der Waals surface area contributed by atoms with Gasteiger partial charge in [0.15, 0.2) is 0 Å². The Morgan fingerprint density at radius 3 is 3.05 bits per heavy atom. The van der Waals surface area contributed by atoms with E-state index < -0.39 is 0 Å². The molecule has 0 spiro atoms. The molecule has 3 atom stereocenters. The van der Waals surface area contributed by atoms with Crippen LogP contribution < -0.4 is 10.6 Å². The van der Waals surface area contributed by atoms with E-state index in [-0.39, 0.29) is 23.8 Å². The number of carbonyl (C=O) groups is 2. The molecule has 2 heterocycles. The largest absolute Gasteiger partial charge is 0.383 e. The van der Waals surface area contributed by atoms with Gasteiger partial charge >= 0.3 is 0 Å². The molecular weight excluding hydrogens is 258 g/mol. The number of hydrogen-bond donors (Lipinski definition) is 2. The van der Waals surface area contributed by atoms with Gasteiger partial charge in [-0.3, -0.25) is 9.59 Å². The van der Waals surface area contributed by atoms with Crippen LogP contribution >= 0.6 is 0 Å². The first kappa shape index (κ1) is 15.3. The average Bonchev–Trinajstić information content (AvgIpc) is 2.80. The van der Waals surface area contributed by atoms with Gasteiger partial charge in [-0.15, -0.1) is 0 Å². The van der Waals surface area contributed by atoms with Gasteiger partial charge in [0, 0.05) is 32.7 Å². The molecular formula is C14H25N3O3. The number of rotatable bonds is 5. The lowest BCUT2D eigenvalue weighted by atomic mass is 9.94. The molecule has 114 valence electrons. The molecule has 0 saturated carbocycles. The second kappa shape index (κ2) is 7.04. The number of hydrogen-bond acceptors (Lipinski definition) is 4. The predicted octanol–water partition coefficient (Wildman–Crippen LogP) is -0.404. The second-order valence-electron chi connectivity index (χ2n) is 5.82. The predicted molar refractivity (Wildman–Crippen MR) is 75.1 cm³/mol. The highest BCUT2D eigenvalue weighted by Gasteiger charge is 2.35. The third kappa shape index (κ3) is 3.70. The molecule has 2 saturated heterocycles. The van der Waals surface area contributed by atoms with Crippen LogP contribution in [0.4, 0.5) is 0 Å². The summed E-state index contributed by atoms with van der Waals surface area (Å²) >= 11 is 0. The Morgan fingerprint density at radius 1 is 1.55 bits per heavy atom. The molecule has 0 aromatic heterocycles. The summed E-state index contributed by atoms with van der Waals surface area (Å²) in [7, 11) is 1.61. The monoisotopic (exact) mass is 283 g/mol. The number of methoxy groups -OCH3 is 1. The van der Waals surface area contributed by atoms with Crippen LogP contribution in [0.1, 0.15) is 19.8 Å². The van der Waals surface area contributed by atoms with Crippen molar-refractivity contribution in [3.8, 4) is 0 Å². The highest BCUT2D eigenvalue weighted by atomic mass is 16.5. The van der Waals surface area contributed by atoms with E-state index >= 15 is 0 Å². The maximum atomic E-state index is 12.3. The van der Waals surface area contributed by atoms with Crippen LogP contribution in [-0.4, -0.2) is 62.7 Å². The van der Waals surface area contributed by atoms with Gasteiger partial charge in [0.05, 0.1) is 12.5 Å². The van der Waals surface area contributed by atoms with Crippen molar-refractivity contribution in [3.05, 3.63) is 0 Å². The van der Waals surface area contributed by atoms with Crippen molar-refractivity contribution < 1.29 is 14.3 Å². The molecule has 6 nitrogen and oxygen atoms in total. The van der Waals surface area contributed by atoms with Crippen molar-refractivity contribution in [2.75, 3.05) is 39.9 Å². The van der Waals surface area contributed by atoms with Crippen LogP contribution in [0.15, 0.2) is 0 Å². The van der Waals surface area contributed by atoms with Gasteiger partial charge in [0.1, 0.15) is 0 Å². The first-order valence-corrected chi connectivity index (χ1v) is 7.39. The Labute approximate surface area is 120 Å². The molecule has 2 aliphatic heterocycles. The minimum absolute atomic E-state index is 0.0250. The van der Waals surface area contributed by atoms with E-state index in [1.54, 1.807) is 12.0 Å². The van der Waals surface area contributed by atoms with Crippen LogP contribution in [0, 0.1) is 11.8 Å². The summed E-state index contributed by atoms with van der Waals surface area (Å²) in [5.74, 6) is 0.313. The zero-order chi connectivity index (χ0) is 14.5. The summed E-state index contributed by atoms with van der Waals surface area (Å²) in [6.45, 7) is 5.64. The number of nitrogens with one attached hydrogen (secondary N) is 2. The Bertz CT molecular complexity index is 362. The molecule has 6 heteroatoms. The van der Waals surface area contributed by atoms with Gasteiger partial charge in [0.2, 0.25) is 11.8 Å². The van der Waals surface area contributed by atoms with Crippen molar-refractivity contribution in [3.63, 3.8) is 0 Å². The van der Waals surface area contributed by atoms with Gasteiger partial charge < -0.3 is 20.3 Å². The molecule has 2 N–H and O–H groups in total. The standard InChI is InChI=1S/C14H25N3O3/c1-10-8-15-4-3-12(10)16-14(19)11-7-13(18)17(9-11)5-6-20-2/h10-12,15H,3-9H2,1-2H3,(H,16,19). The number of likely N-dealkylation sites (tertiary alicyclic amines) is 1. The SMILES string of the molecule is COCCN1CC(C(=O)NC2CCNCC2C)CC1=O. The molecule has 3 unspecified atom stereocenters. The number of amides is 2. The molecule has 2 fully saturated rings. The van der Waals surface area contributed by atoms with Gasteiger partial charge in [-0.25, -0.2) is 0 Å². The quantitative estimate of drug-likeness (QED) is 0.720. The Hall–Kier alpha value is -1.14. The lowest BCUT2D eigenvalue weighted by Gasteiger charge is -2.31. The lowest BCUT2D eigenvalue weighted by molar-refractivity contribution is -0.129. The average molecular weight is 283 g/mol. The molecule has 2 rings (SSSR count). The molecule has 2 aliphatic rings. The fourth-order valence-electron chi connectivity index (χ4n) is 2.89. The van der Waals surface area contributed by atoms with E-state index in [1.807, 2.05) is 0 Å². The first-order chi connectivity index (χ1) is 9.61. The van der Waals surface area contributed by atoms with E-state index in [4.69, 9.17) is 4.74 Å². The summed E-state index contributed by atoms with van der Waals surface area (Å²) in [6.07, 6.45) is 1.29. The Morgan fingerprint density at radius 2 is 2.35 bits per heavy atom. The number of nitrogens with zero attached hydrogens (tertiary/aromatic N) is 1. The lowest BCUT2D eigenvalue weighted by Crippen LogP contribution is -2.50. The molecule has 20 heavy (non-hydrogen) atoms. The summed E-state index contributed by atoms with van der Waals surface area (Å²) < 4.78 is 4.98. The molecule has 0 aromatic carbocycles. The number of carbonyl (C=O) groups excluding carboxylic acids is 2. The van der Waals surface area contributed by atoms with Crippen LogP contribution in [0.2, 0.25) is 0 Å². The number of ether oxygens (including phenoxy) is 1. The van der Waals surface area contributed by atoms with Gasteiger partial charge in [-0.1, -0.05) is 6.92 Å².